The first kappa shape index (κ1) is 20.3. The molecule has 0 bridgehead atoms. The van der Waals surface area contributed by atoms with Crippen LogP contribution >= 0.6 is 15.9 Å². The summed E-state index contributed by atoms with van der Waals surface area (Å²) in [6, 6.07) is 10.2. The Morgan fingerprint density at radius 2 is 1.90 bits per heavy atom. The van der Waals surface area contributed by atoms with Gasteiger partial charge < -0.3 is 9.88 Å². The van der Waals surface area contributed by atoms with E-state index in [1.807, 2.05) is 36.5 Å². The first-order valence-corrected chi connectivity index (χ1v) is 12.6. The van der Waals surface area contributed by atoms with Crippen LogP contribution in [0.2, 0.25) is 0 Å². The number of benzene rings is 1. The SMILES string of the molecule is CN(c1ncnc2[nH]ccc12)C1CCC(CS(=N)(=O)Cc2ccc(Br)cc2)CC1. The lowest BCUT2D eigenvalue weighted by atomic mass is 9.86. The largest absolute Gasteiger partial charge is 0.356 e. The van der Waals surface area contributed by atoms with E-state index < -0.39 is 9.73 Å². The Hall–Kier alpha value is -1.93. The highest BCUT2D eigenvalue weighted by Gasteiger charge is 2.27. The first-order valence-electron chi connectivity index (χ1n) is 9.91. The van der Waals surface area contributed by atoms with Crippen LogP contribution in [-0.4, -0.2) is 38.0 Å². The molecule has 2 heterocycles. The van der Waals surface area contributed by atoms with E-state index >= 15 is 0 Å². The van der Waals surface area contributed by atoms with Gasteiger partial charge in [-0.25, -0.2) is 14.2 Å². The van der Waals surface area contributed by atoms with Crippen molar-refractivity contribution in [2.75, 3.05) is 17.7 Å². The van der Waals surface area contributed by atoms with E-state index in [0.717, 1.165) is 52.6 Å². The second-order valence-corrected chi connectivity index (χ2v) is 11.1. The van der Waals surface area contributed by atoms with E-state index in [-0.39, 0.29) is 0 Å². The summed E-state index contributed by atoms with van der Waals surface area (Å²) >= 11 is 3.42. The van der Waals surface area contributed by atoms with Crippen LogP contribution in [0.15, 0.2) is 47.3 Å². The Bertz CT molecular complexity index is 1070. The van der Waals surface area contributed by atoms with Gasteiger partial charge in [0.05, 0.1) is 11.1 Å². The van der Waals surface area contributed by atoms with Crippen LogP contribution < -0.4 is 4.90 Å². The molecule has 0 spiro atoms. The summed E-state index contributed by atoms with van der Waals surface area (Å²) in [7, 11) is -0.514. The lowest BCUT2D eigenvalue weighted by Crippen LogP contribution is -2.37. The summed E-state index contributed by atoms with van der Waals surface area (Å²) in [6.07, 6.45) is 7.58. The molecule has 0 amide bonds. The van der Waals surface area contributed by atoms with Gasteiger partial charge >= 0.3 is 0 Å². The van der Waals surface area contributed by atoms with E-state index in [9.17, 15) is 4.21 Å². The Labute approximate surface area is 180 Å². The molecule has 0 saturated heterocycles. The minimum absolute atomic E-state index is 0.340. The van der Waals surface area contributed by atoms with Crippen LogP contribution in [0.25, 0.3) is 11.0 Å². The summed E-state index contributed by atoms with van der Waals surface area (Å²) in [6.45, 7) is 0. The number of nitrogens with one attached hydrogen (secondary N) is 2. The second kappa shape index (κ2) is 8.44. The summed E-state index contributed by atoms with van der Waals surface area (Å²) in [5, 5.41) is 1.04. The van der Waals surface area contributed by atoms with Gasteiger partial charge in [-0.2, -0.15) is 0 Å². The number of aromatic nitrogens is 3. The third-order valence-electron chi connectivity index (χ3n) is 5.85. The van der Waals surface area contributed by atoms with Crippen molar-refractivity contribution in [1.29, 1.82) is 4.78 Å². The fraction of sp³-hybridized carbons (Fsp3) is 0.429. The molecule has 6 nitrogen and oxygen atoms in total. The highest BCUT2D eigenvalue weighted by molar-refractivity contribution is 9.10. The Morgan fingerprint density at radius 1 is 1.17 bits per heavy atom. The summed E-state index contributed by atoms with van der Waals surface area (Å²) in [5.41, 5.74) is 1.83. The van der Waals surface area contributed by atoms with Crippen LogP contribution in [0.5, 0.6) is 0 Å². The molecular weight excluding hydrogens is 450 g/mol. The number of fused-ring (bicyclic) bond motifs is 1. The van der Waals surface area contributed by atoms with Gasteiger partial charge in [-0.3, -0.25) is 4.78 Å². The fourth-order valence-electron chi connectivity index (χ4n) is 4.30. The topological polar surface area (TPSA) is 85.7 Å². The smallest absolute Gasteiger partial charge is 0.142 e. The fourth-order valence-corrected chi connectivity index (χ4v) is 6.51. The molecule has 2 N–H and O–H groups in total. The van der Waals surface area contributed by atoms with Gasteiger partial charge in [-0.15, -0.1) is 0 Å². The number of rotatable bonds is 6. The highest BCUT2D eigenvalue weighted by atomic mass is 79.9. The average molecular weight is 476 g/mol. The van der Waals surface area contributed by atoms with Crippen molar-refractivity contribution >= 4 is 42.5 Å². The van der Waals surface area contributed by atoms with Gasteiger partial charge in [0, 0.05) is 39.2 Å². The molecule has 1 unspecified atom stereocenters. The maximum atomic E-state index is 12.9. The zero-order valence-electron chi connectivity index (χ0n) is 16.5. The van der Waals surface area contributed by atoms with E-state index in [2.05, 4.69) is 42.8 Å². The van der Waals surface area contributed by atoms with Gasteiger partial charge in [0.25, 0.3) is 0 Å². The monoisotopic (exact) mass is 475 g/mol. The molecule has 1 aliphatic rings. The molecule has 8 heteroatoms. The number of aromatic amines is 1. The number of hydrogen-bond donors (Lipinski definition) is 2. The van der Waals surface area contributed by atoms with Gasteiger partial charge in [0.15, 0.2) is 0 Å². The van der Waals surface area contributed by atoms with Crippen LogP contribution in [0.3, 0.4) is 0 Å². The number of anilines is 1. The van der Waals surface area contributed by atoms with E-state index in [1.54, 1.807) is 6.33 Å². The molecule has 154 valence electrons. The third kappa shape index (κ3) is 4.80. The molecular formula is C21H26BrN5OS. The molecule has 1 fully saturated rings. The molecule has 29 heavy (non-hydrogen) atoms. The summed E-state index contributed by atoms with van der Waals surface area (Å²) in [4.78, 5) is 14.2. The molecule has 4 rings (SSSR count). The van der Waals surface area contributed by atoms with Crippen molar-refractivity contribution in [2.45, 2.75) is 37.5 Å². The predicted molar refractivity (Wildman–Crippen MR) is 122 cm³/mol. The van der Waals surface area contributed by atoms with Gasteiger partial charge in [0.2, 0.25) is 0 Å². The molecule has 1 aliphatic carbocycles. The number of H-pyrrole nitrogens is 1. The summed E-state index contributed by atoms with van der Waals surface area (Å²) < 4.78 is 22.3. The maximum absolute atomic E-state index is 12.9. The van der Waals surface area contributed by atoms with Crippen molar-refractivity contribution < 1.29 is 4.21 Å². The lowest BCUT2D eigenvalue weighted by molar-refractivity contribution is 0.342. The second-order valence-electron chi connectivity index (χ2n) is 7.97. The normalized spacial score (nSPS) is 21.7. The molecule has 0 aliphatic heterocycles. The predicted octanol–water partition coefficient (Wildman–Crippen LogP) is 4.96. The molecule has 1 aromatic carbocycles. The molecule has 2 aromatic heterocycles. The van der Waals surface area contributed by atoms with E-state index in [0.29, 0.717) is 23.5 Å². The average Bonchev–Trinajstić information content (AvgIpc) is 3.18. The molecule has 3 aromatic rings. The molecule has 0 radical (unpaired) electrons. The Morgan fingerprint density at radius 3 is 2.62 bits per heavy atom. The Balaban J connectivity index is 1.35. The van der Waals surface area contributed by atoms with Crippen molar-refractivity contribution in [3.8, 4) is 0 Å². The van der Waals surface area contributed by atoms with Gasteiger partial charge in [0.1, 0.15) is 17.8 Å². The maximum Gasteiger partial charge on any atom is 0.142 e. The quantitative estimate of drug-likeness (QED) is 0.527. The minimum atomic E-state index is -2.61. The third-order valence-corrected chi connectivity index (χ3v) is 8.19. The van der Waals surface area contributed by atoms with Crippen LogP contribution in [0, 0.1) is 10.7 Å². The van der Waals surface area contributed by atoms with Crippen LogP contribution in [0.1, 0.15) is 31.2 Å². The highest BCUT2D eigenvalue weighted by Crippen LogP contribution is 2.32. The van der Waals surface area contributed by atoms with Gasteiger partial charge in [-0.1, -0.05) is 28.1 Å². The minimum Gasteiger partial charge on any atom is -0.356 e. The zero-order valence-corrected chi connectivity index (χ0v) is 18.9. The molecule has 1 saturated carbocycles. The van der Waals surface area contributed by atoms with Crippen LogP contribution in [-0.2, 0) is 15.5 Å². The zero-order chi connectivity index (χ0) is 20.4. The first-order chi connectivity index (χ1) is 13.9. The van der Waals surface area contributed by atoms with Crippen LogP contribution in [0.4, 0.5) is 5.82 Å². The van der Waals surface area contributed by atoms with Gasteiger partial charge in [-0.05, 0) is 55.4 Å². The standard InChI is InChI=1S/C21H26BrN5OS/c1-27(21-19-10-11-24-20(19)25-14-26-21)18-8-4-16(5-9-18)13-29(23,28)12-15-2-6-17(22)7-3-15/h2-3,6-7,10-11,14,16,18,23H,4-5,8-9,12-13H2,1H3,(H,24,25,26). The Kier molecular flexibility index (Phi) is 5.92. The van der Waals surface area contributed by atoms with Crippen molar-refractivity contribution in [1.82, 2.24) is 15.0 Å². The number of halogens is 1. The van der Waals surface area contributed by atoms with E-state index in [4.69, 9.17) is 4.78 Å². The summed E-state index contributed by atoms with van der Waals surface area (Å²) in [5.74, 6) is 2.15. The number of hydrogen-bond acceptors (Lipinski definition) is 5. The van der Waals surface area contributed by atoms with Crippen molar-refractivity contribution in [3.63, 3.8) is 0 Å². The van der Waals surface area contributed by atoms with Crippen molar-refractivity contribution in [3.05, 3.63) is 52.9 Å². The number of nitrogens with zero attached hydrogens (tertiary/aromatic N) is 3. The van der Waals surface area contributed by atoms with E-state index in [1.165, 1.54) is 0 Å². The van der Waals surface area contributed by atoms with Crippen molar-refractivity contribution in [2.24, 2.45) is 5.92 Å². The molecule has 1 atom stereocenters. The lowest BCUT2D eigenvalue weighted by Gasteiger charge is -2.35.